The summed E-state index contributed by atoms with van der Waals surface area (Å²) in [5.74, 6) is -17.7. The van der Waals surface area contributed by atoms with Gasteiger partial charge in [0.1, 0.15) is 22.7 Å². The summed E-state index contributed by atoms with van der Waals surface area (Å²) < 4.78 is 151. The second kappa shape index (κ2) is 12.3. The van der Waals surface area contributed by atoms with E-state index in [1.165, 1.54) is 5.92 Å². The zero-order valence-electron chi connectivity index (χ0n) is 24.8. The molecular weight excluding hydrogens is 723 g/mol. The van der Waals surface area contributed by atoms with Gasteiger partial charge < -0.3 is 0 Å². The molecule has 0 amide bonds. The maximum Gasteiger partial charge on any atom is 0.374 e. The van der Waals surface area contributed by atoms with Crippen molar-refractivity contribution < 1.29 is 43.9 Å². The van der Waals surface area contributed by atoms with Crippen LogP contribution in [-0.4, -0.2) is 20.6 Å². The van der Waals surface area contributed by atoms with Crippen molar-refractivity contribution in [2.24, 2.45) is 0 Å². The zero-order valence-corrected chi connectivity index (χ0v) is 27.3. The molecule has 3 heterocycles. The van der Waals surface area contributed by atoms with Gasteiger partial charge in [0.15, 0.2) is 0 Å². The van der Waals surface area contributed by atoms with Crippen LogP contribution in [0.15, 0.2) is 72.8 Å². The van der Waals surface area contributed by atoms with Crippen LogP contribution >= 0.6 is 34.4 Å². The molecule has 0 aliphatic rings. The largest absolute Gasteiger partial charge is 0.374 e. The van der Waals surface area contributed by atoms with Crippen molar-refractivity contribution in [2.45, 2.75) is 37.5 Å². The van der Waals surface area contributed by atoms with Crippen molar-refractivity contribution in [2.75, 3.05) is 0 Å². The number of hydrogen-bond donors (Lipinski definition) is 0. The SMILES string of the molecule is CC#CC(F)(F)C(F)(F)c1ccc(-c2ccc(-c3ccc(-c4ccc(-c5ccc(C(F)(F)C(C)(F)F)cc5F)s4)c4nsnc34)s2)c(F)c1. The normalized spacial score (nSPS) is 12.7. The Kier molecular flexibility index (Phi) is 8.65. The van der Waals surface area contributed by atoms with E-state index in [2.05, 4.69) is 8.75 Å². The number of thiophene rings is 2. The molecule has 252 valence electrons. The number of nitrogens with zero attached hydrogens (tertiary/aromatic N) is 2. The first-order valence-electron chi connectivity index (χ1n) is 14.0. The first kappa shape index (κ1) is 34.6. The van der Waals surface area contributed by atoms with Crippen LogP contribution in [0.25, 0.3) is 52.8 Å². The number of halogens is 10. The Balaban J connectivity index is 1.30. The third-order valence-corrected chi connectivity index (χ3v) is 10.4. The quantitative estimate of drug-likeness (QED) is 0.115. The Labute approximate surface area is 284 Å². The highest BCUT2D eigenvalue weighted by Crippen LogP contribution is 2.47. The van der Waals surface area contributed by atoms with Crippen molar-refractivity contribution >= 4 is 45.4 Å². The first-order valence-corrected chi connectivity index (χ1v) is 16.3. The number of alkyl halides is 8. The molecule has 0 aliphatic carbocycles. The Morgan fingerprint density at radius 2 is 0.939 bits per heavy atom. The van der Waals surface area contributed by atoms with Gasteiger partial charge in [-0.3, -0.25) is 0 Å². The smallest absolute Gasteiger partial charge is 0.206 e. The van der Waals surface area contributed by atoms with E-state index in [1.807, 2.05) is 0 Å². The molecule has 0 spiro atoms. The Morgan fingerprint density at radius 3 is 1.33 bits per heavy atom. The van der Waals surface area contributed by atoms with Crippen LogP contribution in [0.3, 0.4) is 0 Å². The lowest BCUT2D eigenvalue weighted by molar-refractivity contribution is -0.204. The number of rotatable bonds is 8. The Morgan fingerprint density at radius 1 is 0.551 bits per heavy atom. The molecule has 0 fully saturated rings. The van der Waals surface area contributed by atoms with E-state index >= 15 is 4.39 Å². The standard InChI is InChI=1S/C34H18F10N2S3/c1-3-14-32(39,40)34(43,44)18-5-7-20(24(36)16-18)26-11-13-28(48-26)22-9-8-21(29-30(22)46-49-45-29)27-12-10-25(47-27)19-6-4-17(15-23(19)35)33(41,42)31(2,37)38/h4-13,15-16H,1-2H3. The highest BCUT2D eigenvalue weighted by atomic mass is 32.1. The van der Waals surface area contributed by atoms with Gasteiger partial charge in [0, 0.05) is 59.8 Å². The summed E-state index contributed by atoms with van der Waals surface area (Å²) in [5, 5.41) is 0. The van der Waals surface area contributed by atoms with E-state index in [1.54, 1.807) is 42.3 Å². The second-order valence-electron chi connectivity index (χ2n) is 10.8. The van der Waals surface area contributed by atoms with E-state index in [9.17, 15) is 39.5 Å². The Hall–Kier alpha value is -4.26. The summed E-state index contributed by atoms with van der Waals surface area (Å²) in [4.78, 5) is 1.91. The van der Waals surface area contributed by atoms with Gasteiger partial charge in [-0.1, -0.05) is 36.4 Å². The number of fused-ring (bicyclic) bond motifs is 1. The molecule has 6 rings (SSSR count). The van der Waals surface area contributed by atoms with Gasteiger partial charge in [0.2, 0.25) is 0 Å². The van der Waals surface area contributed by atoms with Crippen molar-refractivity contribution in [3.8, 4) is 53.6 Å². The monoisotopic (exact) mass is 740 g/mol. The minimum absolute atomic E-state index is 0.0575. The van der Waals surface area contributed by atoms with E-state index < -0.39 is 46.5 Å². The molecule has 3 aromatic carbocycles. The van der Waals surface area contributed by atoms with Gasteiger partial charge in [0.05, 0.1) is 11.7 Å². The average molecular weight is 741 g/mol. The van der Waals surface area contributed by atoms with Gasteiger partial charge in [-0.15, -0.1) is 28.6 Å². The van der Waals surface area contributed by atoms with Crippen LogP contribution in [0.4, 0.5) is 43.9 Å². The van der Waals surface area contributed by atoms with E-state index in [-0.39, 0.29) is 18.1 Å². The van der Waals surface area contributed by atoms with E-state index in [0.717, 1.165) is 65.6 Å². The molecule has 0 saturated carbocycles. The van der Waals surface area contributed by atoms with Crippen LogP contribution < -0.4 is 0 Å². The van der Waals surface area contributed by atoms with Crippen molar-refractivity contribution in [3.05, 3.63) is 95.6 Å². The topological polar surface area (TPSA) is 25.8 Å². The molecule has 0 bridgehead atoms. The summed E-state index contributed by atoms with van der Waals surface area (Å²) in [6, 6.07) is 14.2. The van der Waals surface area contributed by atoms with Crippen molar-refractivity contribution in [1.82, 2.24) is 8.75 Å². The van der Waals surface area contributed by atoms with Crippen molar-refractivity contribution in [3.63, 3.8) is 0 Å². The summed E-state index contributed by atoms with van der Waals surface area (Å²) in [6.45, 7) is 1.05. The molecule has 3 aromatic heterocycles. The van der Waals surface area contributed by atoms with Gasteiger partial charge in [-0.05, 0) is 49.2 Å². The molecule has 0 N–H and O–H groups in total. The molecule has 15 heteroatoms. The highest BCUT2D eigenvalue weighted by molar-refractivity contribution is 7.19. The lowest BCUT2D eigenvalue weighted by atomic mass is 10.00. The molecule has 2 nitrogen and oxygen atoms in total. The minimum atomic E-state index is -4.73. The van der Waals surface area contributed by atoms with Crippen LogP contribution in [-0.2, 0) is 11.8 Å². The molecular formula is C34H18F10N2S3. The lowest BCUT2D eigenvalue weighted by Gasteiger charge is -2.23. The molecule has 49 heavy (non-hydrogen) atoms. The van der Waals surface area contributed by atoms with Crippen LogP contribution in [0.2, 0.25) is 0 Å². The molecule has 0 radical (unpaired) electrons. The van der Waals surface area contributed by atoms with Crippen LogP contribution in [0, 0.1) is 23.5 Å². The van der Waals surface area contributed by atoms with Gasteiger partial charge in [-0.2, -0.15) is 43.9 Å². The maximum absolute atomic E-state index is 15.1. The second-order valence-corrected chi connectivity index (χ2v) is 13.5. The van der Waals surface area contributed by atoms with Crippen molar-refractivity contribution in [1.29, 1.82) is 0 Å². The third-order valence-electron chi connectivity index (χ3n) is 7.58. The maximum atomic E-state index is 15.1. The summed E-state index contributed by atoms with van der Waals surface area (Å²) >= 11 is 3.14. The first-order chi connectivity index (χ1) is 23.0. The summed E-state index contributed by atoms with van der Waals surface area (Å²) in [7, 11) is 0. The molecule has 0 atom stereocenters. The number of hydrogen-bond acceptors (Lipinski definition) is 5. The summed E-state index contributed by atoms with van der Waals surface area (Å²) in [6.07, 6.45) is 0. The average Bonchev–Trinajstić information content (AvgIpc) is 3.81. The molecule has 0 saturated heterocycles. The molecule has 0 unspecified atom stereocenters. The lowest BCUT2D eigenvalue weighted by Crippen LogP contribution is -2.36. The van der Waals surface area contributed by atoms with Crippen LogP contribution in [0.5, 0.6) is 0 Å². The minimum Gasteiger partial charge on any atom is -0.206 e. The predicted molar refractivity (Wildman–Crippen MR) is 172 cm³/mol. The van der Waals surface area contributed by atoms with E-state index in [4.69, 9.17) is 0 Å². The van der Waals surface area contributed by atoms with Gasteiger partial charge in [-0.25, -0.2) is 8.78 Å². The van der Waals surface area contributed by atoms with Gasteiger partial charge in [0.25, 0.3) is 0 Å². The Bertz CT molecular complexity index is 2270. The van der Waals surface area contributed by atoms with E-state index in [0.29, 0.717) is 53.8 Å². The fourth-order valence-electron chi connectivity index (χ4n) is 5.01. The summed E-state index contributed by atoms with van der Waals surface area (Å²) in [5.41, 5.74) is -0.341. The fraction of sp³-hybridized carbons (Fsp3) is 0.176. The predicted octanol–water partition coefficient (Wildman–Crippen LogP) is 12.3. The third kappa shape index (κ3) is 6.00. The van der Waals surface area contributed by atoms with Gasteiger partial charge >= 0.3 is 23.7 Å². The van der Waals surface area contributed by atoms with Crippen LogP contribution in [0.1, 0.15) is 25.0 Å². The molecule has 6 aromatic rings. The number of benzene rings is 3. The highest BCUT2D eigenvalue weighted by Gasteiger charge is 2.57. The fourth-order valence-corrected chi connectivity index (χ4v) is 7.70. The number of aromatic nitrogens is 2. The zero-order chi connectivity index (χ0) is 35.5. The molecule has 0 aliphatic heterocycles.